The Balaban J connectivity index is 2.12. The highest BCUT2D eigenvalue weighted by molar-refractivity contribution is 7.91. The van der Waals surface area contributed by atoms with Crippen LogP contribution in [-0.2, 0) is 24.2 Å². The van der Waals surface area contributed by atoms with Gasteiger partial charge < -0.3 is 19.8 Å². The van der Waals surface area contributed by atoms with Crippen molar-refractivity contribution in [3.8, 4) is 0 Å². The molecule has 0 aliphatic rings. The second-order valence-electron chi connectivity index (χ2n) is 5.32. The Kier molecular flexibility index (Phi) is 6.93. The lowest BCUT2D eigenvalue weighted by Gasteiger charge is -2.16. The first kappa shape index (κ1) is 19.7. The highest BCUT2D eigenvalue weighted by Crippen LogP contribution is 2.28. The number of benzene rings is 1. The van der Waals surface area contributed by atoms with E-state index in [0.29, 0.717) is 0 Å². The largest absolute Gasteiger partial charge is 0.468 e. The molecule has 0 saturated heterocycles. The van der Waals surface area contributed by atoms with Gasteiger partial charge in [-0.3, -0.25) is 9.59 Å². The van der Waals surface area contributed by atoms with Crippen LogP contribution >= 0.6 is 0 Å². The molecule has 2 N–H and O–H groups in total. The van der Waals surface area contributed by atoms with E-state index in [1.165, 1.54) is 31.6 Å². The van der Waals surface area contributed by atoms with Crippen molar-refractivity contribution in [1.29, 1.82) is 0 Å². The second kappa shape index (κ2) is 9.16. The number of ether oxygens (including phenoxy) is 1. The van der Waals surface area contributed by atoms with E-state index in [2.05, 4.69) is 10.6 Å². The van der Waals surface area contributed by atoms with E-state index < -0.39 is 26.9 Å². The molecule has 1 aromatic carbocycles. The quantitative estimate of drug-likeness (QED) is 0.514. The van der Waals surface area contributed by atoms with E-state index in [1.54, 1.807) is 24.3 Å². The van der Waals surface area contributed by atoms with Gasteiger partial charge in [0.05, 0.1) is 17.8 Å². The lowest BCUT2D eigenvalue weighted by atomic mass is 10.3. The molecule has 0 bridgehead atoms. The Bertz CT molecular complexity index is 818. The Hall–Kier alpha value is -2.65. The highest BCUT2D eigenvalue weighted by Gasteiger charge is 2.32. The van der Waals surface area contributed by atoms with Gasteiger partial charge in [0, 0.05) is 20.2 Å². The van der Waals surface area contributed by atoms with Gasteiger partial charge >= 0.3 is 11.8 Å². The zero-order valence-electron chi connectivity index (χ0n) is 14.2. The van der Waals surface area contributed by atoms with E-state index >= 15 is 0 Å². The topological polar surface area (TPSA) is 115 Å². The Morgan fingerprint density at radius 3 is 2.38 bits per heavy atom. The number of carbonyl (C=O) groups is 2. The maximum atomic E-state index is 12.9. The maximum Gasteiger partial charge on any atom is 0.309 e. The predicted octanol–water partition coefficient (Wildman–Crippen LogP) is 0.673. The summed E-state index contributed by atoms with van der Waals surface area (Å²) in [5, 5.41) is 3.55. The molecule has 1 aromatic heterocycles. The summed E-state index contributed by atoms with van der Waals surface area (Å²) >= 11 is 0. The van der Waals surface area contributed by atoms with Crippen LogP contribution in [0, 0.1) is 0 Å². The number of hydrogen-bond acceptors (Lipinski definition) is 6. The summed E-state index contributed by atoms with van der Waals surface area (Å²) < 4.78 is 35.8. The molecule has 0 saturated carbocycles. The summed E-state index contributed by atoms with van der Waals surface area (Å²) in [4.78, 5) is 23.7. The number of hydrogen-bond donors (Lipinski definition) is 2. The van der Waals surface area contributed by atoms with Crippen LogP contribution in [0.5, 0.6) is 0 Å². The fourth-order valence-electron chi connectivity index (χ4n) is 2.22. The molecule has 0 spiro atoms. The van der Waals surface area contributed by atoms with E-state index in [-0.39, 0.29) is 30.4 Å². The van der Waals surface area contributed by atoms with Gasteiger partial charge in [-0.1, -0.05) is 18.2 Å². The zero-order chi connectivity index (χ0) is 19.0. The van der Waals surface area contributed by atoms with Crippen molar-refractivity contribution in [2.75, 3.05) is 26.8 Å². The third-order valence-electron chi connectivity index (χ3n) is 3.55. The van der Waals surface area contributed by atoms with E-state index in [1.807, 2.05) is 0 Å². The van der Waals surface area contributed by atoms with Crippen LogP contribution in [0.1, 0.15) is 11.0 Å². The first-order valence-corrected chi connectivity index (χ1v) is 9.38. The first-order valence-electron chi connectivity index (χ1n) is 7.84. The van der Waals surface area contributed by atoms with Crippen molar-refractivity contribution < 1.29 is 27.2 Å². The monoisotopic (exact) mass is 380 g/mol. The molecular weight excluding hydrogens is 360 g/mol. The molecule has 0 fully saturated rings. The van der Waals surface area contributed by atoms with Crippen molar-refractivity contribution in [1.82, 2.24) is 10.6 Å². The Morgan fingerprint density at radius 1 is 1.08 bits per heavy atom. The van der Waals surface area contributed by atoms with Crippen LogP contribution in [0.3, 0.4) is 0 Å². The van der Waals surface area contributed by atoms with E-state index in [0.717, 1.165) is 0 Å². The van der Waals surface area contributed by atoms with Crippen LogP contribution in [0.25, 0.3) is 0 Å². The number of carbonyl (C=O) groups excluding carboxylic acids is 2. The normalized spacial score (nSPS) is 12.3. The van der Waals surface area contributed by atoms with Crippen molar-refractivity contribution in [3.05, 3.63) is 54.5 Å². The summed E-state index contributed by atoms with van der Waals surface area (Å²) in [6, 6.07) is 10.9. The van der Waals surface area contributed by atoms with Crippen LogP contribution in [0.2, 0.25) is 0 Å². The standard InChI is InChI=1S/C17H20N2O6S/c1-24-11-9-18-16(20)17(21)19-12-15(14-8-5-10-25-14)26(22,23)13-6-3-2-4-7-13/h2-8,10,15H,9,11-12H2,1H3,(H,18,20)(H,19,21)/t15-/m1/s1. The van der Waals surface area contributed by atoms with E-state index in [9.17, 15) is 18.0 Å². The number of amides is 2. The zero-order valence-corrected chi connectivity index (χ0v) is 15.0. The van der Waals surface area contributed by atoms with Crippen LogP contribution in [0.4, 0.5) is 0 Å². The molecule has 0 aliphatic heterocycles. The van der Waals surface area contributed by atoms with Gasteiger partial charge in [-0.05, 0) is 24.3 Å². The number of methoxy groups -OCH3 is 1. The molecular formula is C17H20N2O6S. The van der Waals surface area contributed by atoms with Gasteiger partial charge in [-0.15, -0.1) is 0 Å². The highest BCUT2D eigenvalue weighted by atomic mass is 32.2. The van der Waals surface area contributed by atoms with Crippen LogP contribution < -0.4 is 10.6 Å². The van der Waals surface area contributed by atoms with Gasteiger partial charge in [0.25, 0.3) is 0 Å². The average molecular weight is 380 g/mol. The van der Waals surface area contributed by atoms with Gasteiger partial charge in [-0.2, -0.15) is 0 Å². The number of furan rings is 1. The fourth-order valence-corrected chi connectivity index (χ4v) is 3.83. The molecule has 0 aliphatic carbocycles. The van der Waals surface area contributed by atoms with Gasteiger partial charge in [0.1, 0.15) is 11.0 Å². The SMILES string of the molecule is COCCNC(=O)C(=O)NC[C@H](c1ccco1)S(=O)(=O)c1ccccc1. The third-order valence-corrected chi connectivity index (χ3v) is 5.63. The third kappa shape index (κ3) is 4.93. The van der Waals surface area contributed by atoms with Crippen molar-refractivity contribution in [2.24, 2.45) is 0 Å². The lowest BCUT2D eigenvalue weighted by Crippen LogP contribution is -2.43. The van der Waals surface area contributed by atoms with Crippen molar-refractivity contribution in [3.63, 3.8) is 0 Å². The maximum absolute atomic E-state index is 12.9. The summed E-state index contributed by atoms with van der Waals surface area (Å²) in [6.07, 6.45) is 1.35. The second-order valence-corrected chi connectivity index (χ2v) is 7.45. The molecule has 140 valence electrons. The molecule has 9 heteroatoms. The molecule has 8 nitrogen and oxygen atoms in total. The summed E-state index contributed by atoms with van der Waals surface area (Å²) in [7, 11) is -2.36. The van der Waals surface area contributed by atoms with Gasteiger partial charge in [0.2, 0.25) is 0 Å². The van der Waals surface area contributed by atoms with E-state index in [4.69, 9.17) is 9.15 Å². The number of nitrogens with one attached hydrogen (secondary N) is 2. The minimum absolute atomic E-state index is 0.0974. The summed E-state index contributed by atoms with van der Waals surface area (Å²) in [5.74, 6) is -1.62. The molecule has 2 aromatic rings. The van der Waals surface area contributed by atoms with Crippen LogP contribution in [0.15, 0.2) is 58.0 Å². The van der Waals surface area contributed by atoms with Crippen molar-refractivity contribution in [2.45, 2.75) is 10.1 Å². The smallest absolute Gasteiger partial charge is 0.309 e. The molecule has 0 unspecified atom stereocenters. The number of sulfone groups is 1. The van der Waals surface area contributed by atoms with Crippen molar-refractivity contribution >= 4 is 21.7 Å². The lowest BCUT2D eigenvalue weighted by molar-refractivity contribution is -0.139. The molecule has 2 amide bonds. The average Bonchev–Trinajstić information content (AvgIpc) is 3.16. The molecule has 0 radical (unpaired) electrons. The van der Waals surface area contributed by atoms with Crippen LogP contribution in [-0.4, -0.2) is 47.0 Å². The fraction of sp³-hybridized carbons (Fsp3) is 0.294. The minimum Gasteiger partial charge on any atom is -0.468 e. The molecule has 1 atom stereocenters. The minimum atomic E-state index is -3.83. The number of rotatable bonds is 8. The van der Waals surface area contributed by atoms with Gasteiger partial charge in [-0.25, -0.2) is 8.42 Å². The summed E-state index contributed by atoms with van der Waals surface area (Å²) in [6.45, 7) is 0.129. The molecule has 1 heterocycles. The molecule has 2 rings (SSSR count). The Labute approximate surface area is 151 Å². The van der Waals surface area contributed by atoms with Gasteiger partial charge in [0.15, 0.2) is 9.84 Å². The predicted molar refractivity (Wildman–Crippen MR) is 93.0 cm³/mol. The Morgan fingerprint density at radius 2 is 1.77 bits per heavy atom. The molecule has 26 heavy (non-hydrogen) atoms. The first-order chi connectivity index (χ1) is 12.5. The summed E-state index contributed by atoms with van der Waals surface area (Å²) in [5.41, 5.74) is 0.